The quantitative estimate of drug-likeness (QED) is 0.0611. The molecule has 0 aliphatic carbocycles. The number of hydrogen-bond donors (Lipinski definition) is 4. The van der Waals surface area contributed by atoms with Crippen LogP contribution in [0.3, 0.4) is 0 Å². The van der Waals surface area contributed by atoms with Gasteiger partial charge in [0, 0.05) is 7.05 Å². The maximum absolute atomic E-state index is 12.9. The number of hydrogen-bond acceptors (Lipinski definition) is 12. The van der Waals surface area contributed by atoms with Crippen molar-refractivity contribution >= 4 is 66.2 Å². The van der Waals surface area contributed by atoms with Crippen molar-refractivity contribution < 1.29 is 24.3 Å². The number of nitrogens with two attached hydrogens (primary N) is 1. The molecule has 2 amide bonds. The van der Waals surface area contributed by atoms with E-state index in [9.17, 15) is 29.1 Å². The molecule has 2 atom stereocenters. The molecule has 1 fully saturated rings. The summed E-state index contributed by atoms with van der Waals surface area (Å²) in [6, 6.07) is -0.983. The van der Waals surface area contributed by atoms with E-state index in [4.69, 9.17) is 10.6 Å². The number of anilines is 1. The summed E-state index contributed by atoms with van der Waals surface area (Å²) in [5, 5.41) is 21.6. The minimum absolute atomic E-state index is 0.106. The molecule has 0 radical (unpaired) electrons. The SMILES string of the molecule is CO/N=C(\C(=O)N[C@@H]1C(=O)N2C(C(=O)O)=C(CSc3n[nH]c(=O)c(=O)n3C)CS[C@H]12)c1c[se]c(N)n1. The summed E-state index contributed by atoms with van der Waals surface area (Å²) >= 11 is 2.10. The number of β-lactam (4-membered cyclic amide) rings is 1. The maximum atomic E-state index is 12.9. The molecule has 2 aliphatic heterocycles. The van der Waals surface area contributed by atoms with Crippen molar-refractivity contribution in [1.29, 1.82) is 0 Å². The summed E-state index contributed by atoms with van der Waals surface area (Å²) in [6.07, 6.45) is 0. The van der Waals surface area contributed by atoms with Gasteiger partial charge in [0.15, 0.2) is 5.16 Å². The third-order valence-electron chi connectivity index (χ3n) is 5.11. The number of aromatic nitrogens is 4. The fraction of sp³-hybridized carbons (Fsp3) is 0.333. The first-order valence-corrected chi connectivity index (χ1v) is 13.8. The van der Waals surface area contributed by atoms with Crippen LogP contribution in [0.1, 0.15) is 5.69 Å². The van der Waals surface area contributed by atoms with Crippen molar-refractivity contribution in [1.82, 2.24) is 30.0 Å². The van der Waals surface area contributed by atoms with Gasteiger partial charge in [-0.15, -0.1) is 5.10 Å². The van der Waals surface area contributed by atoms with E-state index in [1.54, 1.807) is 4.94 Å². The number of fused-ring (bicyclic) bond motifs is 1. The molecular formula is C18H18N8O7S2Se. The Labute approximate surface area is 215 Å². The van der Waals surface area contributed by atoms with Gasteiger partial charge in [0.1, 0.15) is 0 Å². The standard InChI is InChI=1S/C18H18N8O7S2Se/c1-25-14(30)12(28)22-23-18(25)35-4-6-3-34-15-9(13(29)26(15)10(6)16(31)32)21-11(27)8(24-33-2)7-5-36-17(19)20-7/h5,9,15H,3-4H2,1-2H3,(H2,19,20)(H,21,27)(H,22,28)(H,31,32)/b24-8-/t9-,15-/m1/s1. The molecule has 2 aromatic rings. The Kier molecular flexibility index (Phi) is 7.39. The van der Waals surface area contributed by atoms with E-state index in [0.717, 1.165) is 21.2 Å². The Morgan fingerprint density at radius 3 is 2.83 bits per heavy atom. The Morgan fingerprint density at radius 2 is 2.19 bits per heavy atom. The second-order valence-electron chi connectivity index (χ2n) is 7.30. The van der Waals surface area contributed by atoms with Crippen LogP contribution < -0.4 is 22.2 Å². The number of aromatic amines is 1. The van der Waals surface area contributed by atoms with Crippen LogP contribution >= 0.6 is 23.5 Å². The first kappa shape index (κ1) is 25.7. The van der Waals surface area contributed by atoms with Gasteiger partial charge in [-0.05, 0) is 0 Å². The van der Waals surface area contributed by atoms with Crippen molar-refractivity contribution in [3.63, 3.8) is 0 Å². The van der Waals surface area contributed by atoms with Gasteiger partial charge >= 0.3 is 180 Å². The molecule has 0 bridgehead atoms. The van der Waals surface area contributed by atoms with E-state index in [1.807, 2.05) is 0 Å². The molecule has 1 saturated heterocycles. The molecule has 2 aliphatic rings. The minimum atomic E-state index is -1.30. The molecule has 0 saturated carbocycles. The second kappa shape index (κ2) is 10.3. The molecule has 0 spiro atoms. The number of oxime groups is 1. The van der Waals surface area contributed by atoms with E-state index >= 15 is 0 Å². The number of carbonyl (C=O) groups excluding carboxylic acids is 2. The number of aliphatic carboxylic acids is 1. The Bertz CT molecular complexity index is 1430. The van der Waals surface area contributed by atoms with Crippen molar-refractivity contribution in [2.75, 3.05) is 24.3 Å². The van der Waals surface area contributed by atoms with Crippen LogP contribution in [0.2, 0.25) is 0 Å². The molecule has 0 aromatic carbocycles. The average molecular weight is 601 g/mol. The van der Waals surface area contributed by atoms with Crippen LogP contribution in [0.15, 0.2) is 36.1 Å². The summed E-state index contributed by atoms with van der Waals surface area (Å²) in [4.78, 5) is 72.6. The number of thioether (sulfide) groups is 2. The number of carbonyl (C=O) groups is 3. The van der Waals surface area contributed by atoms with Gasteiger partial charge in [0.2, 0.25) is 0 Å². The zero-order chi connectivity index (χ0) is 26.1. The van der Waals surface area contributed by atoms with Crippen LogP contribution in [0.4, 0.5) is 4.69 Å². The van der Waals surface area contributed by atoms with Crippen LogP contribution in [0, 0.1) is 0 Å². The predicted molar refractivity (Wildman–Crippen MR) is 130 cm³/mol. The number of rotatable bonds is 8. The third kappa shape index (κ3) is 4.71. The van der Waals surface area contributed by atoms with Gasteiger partial charge in [0.25, 0.3) is 0 Å². The number of H-pyrrole nitrogens is 1. The fourth-order valence-corrected chi connectivity index (χ4v) is 6.99. The van der Waals surface area contributed by atoms with Crippen LogP contribution in [0.5, 0.6) is 0 Å². The molecule has 190 valence electrons. The number of nitrogen functional groups attached to an aromatic ring is 1. The van der Waals surface area contributed by atoms with Gasteiger partial charge in [-0.3, -0.25) is 14.2 Å². The molecule has 2 aromatic heterocycles. The average Bonchev–Trinajstić information content (AvgIpc) is 3.28. The van der Waals surface area contributed by atoms with Crippen molar-refractivity contribution in [2.24, 2.45) is 12.2 Å². The Balaban J connectivity index is 1.51. The van der Waals surface area contributed by atoms with Gasteiger partial charge < -0.3 is 0 Å². The van der Waals surface area contributed by atoms with E-state index < -0.39 is 40.3 Å². The first-order valence-electron chi connectivity index (χ1n) is 9.96. The van der Waals surface area contributed by atoms with Crippen LogP contribution in [-0.4, -0.2) is 97.8 Å². The molecule has 15 nitrogen and oxygen atoms in total. The number of carboxylic acid groups (broad SMARTS) is 1. The van der Waals surface area contributed by atoms with Crippen LogP contribution in [-0.2, 0) is 26.3 Å². The Morgan fingerprint density at radius 1 is 1.44 bits per heavy atom. The van der Waals surface area contributed by atoms with Crippen molar-refractivity contribution in [3.8, 4) is 0 Å². The summed E-state index contributed by atoms with van der Waals surface area (Å²) < 4.78 is 1.42. The molecule has 18 heteroatoms. The number of nitrogens with one attached hydrogen (secondary N) is 2. The molecule has 5 N–H and O–H groups in total. The summed E-state index contributed by atoms with van der Waals surface area (Å²) in [6.45, 7) is 0. The molecule has 0 unspecified atom stereocenters. The normalized spacial score (nSPS) is 19.6. The van der Waals surface area contributed by atoms with E-state index in [-0.39, 0.29) is 48.3 Å². The van der Waals surface area contributed by atoms with Crippen molar-refractivity contribution in [3.05, 3.63) is 42.6 Å². The van der Waals surface area contributed by atoms with Crippen molar-refractivity contribution in [2.45, 2.75) is 16.6 Å². The predicted octanol–water partition coefficient (Wildman–Crippen LogP) is -2.62. The Hall–Kier alpha value is -3.34. The van der Waals surface area contributed by atoms with E-state index in [2.05, 4.69) is 25.7 Å². The van der Waals surface area contributed by atoms with Gasteiger partial charge in [0.05, 0.1) is 0 Å². The fourth-order valence-electron chi connectivity index (χ4n) is 3.44. The van der Waals surface area contributed by atoms with Gasteiger partial charge in [-0.1, -0.05) is 0 Å². The molecule has 4 rings (SSSR count). The molecular weight excluding hydrogens is 583 g/mol. The summed E-state index contributed by atoms with van der Waals surface area (Å²) in [5.74, 6) is -2.25. The van der Waals surface area contributed by atoms with Gasteiger partial charge in [-0.2, -0.15) is 0 Å². The summed E-state index contributed by atoms with van der Waals surface area (Å²) in [5.41, 5.74) is 4.34. The first-order chi connectivity index (χ1) is 17.1. The third-order valence-corrected chi connectivity index (χ3v) is 8.98. The molecule has 36 heavy (non-hydrogen) atoms. The van der Waals surface area contributed by atoms with E-state index in [0.29, 0.717) is 10.3 Å². The van der Waals surface area contributed by atoms with E-state index in [1.165, 1.54) is 25.9 Å². The zero-order valence-electron chi connectivity index (χ0n) is 18.6. The zero-order valence-corrected chi connectivity index (χ0v) is 21.9. The van der Waals surface area contributed by atoms with Gasteiger partial charge in [-0.25, -0.2) is 5.10 Å². The molecule has 4 heterocycles. The van der Waals surface area contributed by atoms with Crippen LogP contribution in [0.25, 0.3) is 0 Å². The summed E-state index contributed by atoms with van der Waals surface area (Å²) in [7, 11) is 2.64. The monoisotopic (exact) mass is 602 g/mol. The number of amides is 2. The second-order valence-corrected chi connectivity index (χ2v) is 11.2. The number of carboxylic acids is 1. The number of nitrogens with zero attached hydrogens (tertiary/aromatic N) is 5. The topological polar surface area (TPSA) is 215 Å².